The summed E-state index contributed by atoms with van der Waals surface area (Å²) in [7, 11) is 0.976. The Morgan fingerprint density at radius 1 is 1.29 bits per heavy atom. The first-order chi connectivity index (χ1) is 10.1. The molecular formula is C15H28N2O3S. The minimum Gasteiger partial charge on any atom is -0.376 e. The number of amides is 2. The second-order valence-corrected chi connectivity index (χ2v) is 8.01. The van der Waals surface area contributed by atoms with E-state index in [0.29, 0.717) is 12.3 Å². The molecule has 1 heterocycles. The van der Waals surface area contributed by atoms with Crippen LogP contribution in [0.25, 0.3) is 0 Å². The molecule has 1 saturated carbocycles. The summed E-state index contributed by atoms with van der Waals surface area (Å²) >= 11 is 0. The van der Waals surface area contributed by atoms with Crippen LogP contribution in [-0.2, 0) is 15.5 Å². The third kappa shape index (κ3) is 4.68. The van der Waals surface area contributed by atoms with E-state index in [9.17, 15) is 9.00 Å². The first-order valence-corrected chi connectivity index (χ1v) is 9.50. The van der Waals surface area contributed by atoms with Crippen molar-refractivity contribution in [1.29, 1.82) is 0 Å². The summed E-state index contributed by atoms with van der Waals surface area (Å²) in [6.45, 7) is 3.40. The van der Waals surface area contributed by atoms with Crippen LogP contribution in [0.2, 0.25) is 0 Å². The molecule has 2 fully saturated rings. The van der Waals surface area contributed by atoms with E-state index in [2.05, 4.69) is 5.32 Å². The molecule has 2 rings (SSSR count). The Labute approximate surface area is 130 Å². The summed E-state index contributed by atoms with van der Waals surface area (Å²) in [5.74, 6) is 0.669. The number of hydrogen-bond acceptors (Lipinski definition) is 3. The van der Waals surface area contributed by atoms with E-state index in [4.69, 9.17) is 4.74 Å². The molecule has 6 heteroatoms. The molecule has 0 bridgehead atoms. The average molecular weight is 316 g/mol. The van der Waals surface area contributed by atoms with Gasteiger partial charge in [-0.15, -0.1) is 0 Å². The van der Waals surface area contributed by atoms with Crippen LogP contribution in [0.4, 0.5) is 4.79 Å². The van der Waals surface area contributed by atoms with Gasteiger partial charge >= 0.3 is 6.03 Å². The minimum atomic E-state index is -0.835. The summed E-state index contributed by atoms with van der Waals surface area (Å²) in [6.07, 6.45) is 6.42. The van der Waals surface area contributed by atoms with Crippen molar-refractivity contribution < 1.29 is 13.7 Å². The molecule has 2 amide bonds. The Kier molecular flexibility index (Phi) is 6.48. The lowest BCUT2D eigenvalue weighted by atomic mass is 9.95. The Bertz CT molecular complexity index is 372. The molecule has 1 aliphatic heterocycles. The maximum absolute atomic E-state index is 12.3. The predicted octanol–water partition coefficient (Wildman–Crippen LogP) is 1.89. The SMILES string of the molecule is CC[S@](=O)[C@@H]1CCCC[C@H]1NC(=O)N(C)C[C@@H]1CCCO1. The van der Waals surface area contributed by atoms with Crippen molar-refractivity contribution >= 4 is 16.8 Å². The number of urea groups is 1. The van der Waals surface area contributed by atoms with Crippen molar-refractivity contribution in [3.8, 4) is 0 Å². The van der Waals surface area contributed by atoms with E-state index in [0.717, 1.165) is 45.1 Å². The van der Waals surface area contributed by atoms with Gasteiger partial charge in [0.1, 0.15) is 0 Å². The number of nitrogens with one attached hydrogen (secondary N) is 1. The lowest BCUT2D eigenvalue weighted by Gasteiger charge is -2.33. The van der Waals surface area contributed by atoms with Gasteiger partial charge in [0.15, 0.2) is 0 Å². The van der Waals surface area contributed by atoms with Crippen molar-refractivity contribution in [3.63, 3.8) is 0 Å². The Balaban J connectivity index is 1.85. The highest BCUT2D eigenvalue weighted by molar-refractivity contribution is 7.85. The molecule has 0 aromatic carbocycles. The molecule has 5 nitrogen and oxygen atoms in total. The van der Waals surface area contributed by atoms with Crippen LogP contribution in [-0.4, -0.2) is 58.5 Å². The van der Waals surface area contributed by atoms with E-state index in [-0.39, 0.29) is 23.4 Å². The van der Waals surface area contributed by atoms with Crippen molar-refractivity contribution in [2.24, 2.45) is 0 Å². The fourth-order valence-corrected chi connectivity index (χ4v) is 4.66. The number of likely N-dealkylation sites (N-methyl/N-ethyl adjacent to an activating group) is 1. The zero-order chi connectivity index (χ0) is 15.2. The highest BCUT2D eigenvalue weighted by atomic mass is 32.2. The number of ether oxygens (including phenoxy) is 1. The Morgan fingerprint density at radius 3 is 2.71 bits per heavy atom. The van der Waals surface area contributed by atoms with Crippen LogP contribution in [0.3, 0.4) is 0 Å². The quantitative estimate of drug-likeness (QED) is 0.842. The summed E-state index contributed by atoms with van der Waals surface area (Å²) in [6, 6.07) is -0.00511. The molecule has 0 aromatic heterocycles. The van der Waals surface area contributed by atoms with Gasteiger partial charge in [-0.05, 0) is 25.7 Å². The molecule has 1 aliphatic carbocycles. The lowest BCUT2D eigenvalue weighted by Crippen LogP contribution is -2.51. The zero-order valence-electron chi connectivity index (χ0n) is 13.2. The molecule has 21 heavy (non-hydrogen) atoms. The average Bonchev–Trinajstić information content (AvgIpc) is 2.99. The number of hydrogen-bond donors (Lipinski definition) is 1. The van der Waals surface area contributed by atoms with Crippen LogP contribution in [0.15, 0.2) is 0 Å². The molecule has 0 unspecified atom stereocenters. The summed E-state index contributed by atoms with van der Waals surface area (Å²) < 4.78 is 17.7. The third-order valence-electron chi connectivity index (χ3n) is 4.48. The van der Waals surface area contributed by atoms with Crippen molar-refractivity contribution in [2.75, 3.05) is 26.0 Å². The van der Waals surface area contributed by atoms with E-state index < -0.39 is 10.8 Å². The van der Waals surface area contributed by atoms with E-state index >= 15 is 0 Å². The first-order valence-electron chi connectivity index (χ1n) is 8.12. The second kappa shape index (κ2) is 8.13. The molecule has 122 valence electrons. The monoisotopic (exact) mass is 316 g/mol. The minimum absolute atomic E-state index is 0.0546. The third-order valence-corrected chi connectivity index (χ3v) is 6.29. The molecule has 4 atom stereocenters. The van der Waals surface area contributed by atoms with E-state index in [1.165, 1.54) is 0 Å². The number of nitrogens with zero attached hydrogens (tertiary/aromatic N) is 1. The summed E-state index contributed by atoms with van der Waals surface area (Å²) in [5.41, 5.74) is 0. The van der Waals surface area contributed by atoms with E-state index in [1.807, 2.05) is 14.0 Å². The molecule has 1 saturated heterocycles. The van der Waals surface area contributed by atoms with Crippen LogP contribution in [0.1, 0.15) is 45.4 Å². The summed E-state index contributed by atoms with van der Waals surface area (Å²) in [4.78, 5) is 14.0. The van der Waals surface area contributed by atoms with Gasteiger partial charge in [-0.25, -0.2) is 4.79 Å². The van der Waals surface area contributed by atoms with Gasteiger partial charge < -0.3 is 15.0 Å². The highest BCUT2D eigenvalue weighted by Gasteiger charge is 2.31. The van der Waals surface area contributed by atoms with Crippen LogP contribution >= 0.6 is 0 Å². The van der Waals surface area contributed by atoms with Gasteiger partial charge in [0.05, 0.1) is 11.4 Å². The maximum Gasteiger partial charge on any atom is 0.317 e. The number of rotatable bonds is 5. The fraction of sp³-hybridized carbons (Fsp3) is 0.933. The standard InChI is InChI=1S/C15H28N2O3S/c1-3-21(19)14-9-5-4-8-13(14)16-15(18)17(2)11-12-7-6-10-20-12/h12-14H,3-11H2,1-2H3,(H,16,18)/t12-,13+,14+,21-/m0/s1. The van der Waals surface area contributed by atoms with Gasteiger partial charge in [0, 0.05) is 42.8 Å². The number of carbonyl (C=O) groups is 1. The van der Waals surface area contributed by atoms with Gasteiger partial charge in [0.25, 0.3) is 0 Å². The van der Waals surface area contributed by atoms with Crippen molar-refractivity contribution in [1.82, 2.24) is 10.2 Å². The largest absolute Gasteiger partial charge is 0.376 e. The molecule has 0 aromatic rings. The van der Waals surface area contributed by atoms with Crippen molar-refractivity contribution in [2.45, 2.75) is 62.8 Å². The van der Waals surface area contributed by atoms with Gasteiger partial charge in [0.2, 0.25) is 0 Å². The molecule has 1 N–H and O–H groups in total. The Morgan fingerprint density at radius 2 is 2.05 bits per heavy atom. The van der Waals surface area contributed by atoms with Crippen LogP contribution < -0.4 is 5.32 Å². The highest BCUT2D eigenvalue weighted by Crippen LogP contribution is 2.23. The van der Waals surface area contributed by atoms with Gasteiger partial charge in [-0.2, -0.15) is 0 Å². The lowest BCUT2D eigenvalue weighted by molar-refractivity contribution is 0.0867. The first kappa shape index (κ1) is 16.7. The maximum atomic E-state index is 12.3. The van der Waals surface area contributed by atoms with Gasteiger partial charge in [-0.1, -0.05) is 19.8 Å². The van der Waals surface area contributed by atoms with E-state index in [1.54, 1.807) is 4.90 Å². The topological polar surface area (TPSA) is 58.6 Å². The summed E-state index contributed by atoms with van der Waals surface area (Å²) in [5, 5.41) is 3.21. The van der Waals surface area contributed by atoms with Gasteiger partial charge in [-0.3, -0.25) is 4.21 Å². The Hall–Kier alpha value is -0.620. The molecular weight excluding hydrogens is 288 g/mol. The van der Waals surface area contributed by atoms with Crippen LogP contribution in [0.5, 0.6) is 0 Å². The molecule has 0 spiro atoms. The second-order valence-electron chi connectivity index (χ2n) is 6.06. The van der Waals surface area contributed by atoms with Crippen molar-refractivity contribution in [3.05, 3.63) is 0 Å². The van der Waals surface area contributed by atoms with Crippen LogP contribution in [0, 0.1) is 0 Å². The predicted molar refractivity (Wildman–Crippen MR) is 84.9 cm³/mol. The normalized spacial score (nSPS) is 30.9. The fourth-order valence-electron chi connectivity index (χ4n) is 3.24. The zero-order valence-corrected chi connectivity index (χ0v) is 14.0. The molecule has 0 radical (unpaired) electrons. The molecule has 2 aliphatic rings. The smallest absolute Gasteiger partial charge is 0.317 e. The number of carbonyl (C=O) groups excluding carboxylic acids is 1.